The molecule has 0 aliphatic heterocycles. The van der Waals surface area contributed by atoms with Crippen LogP contribution in [0.3, 0.4) is 0 Å². The highest BCUT2D eigenvalue weighted by Gasteiger charge is 2.12. The summed E-state index contributed by atoms with van der Waals surface area (Å²) in [7, 11) is 1.68. The van der Waals surface area contributed by atoms with Crippen LogP contribution in [-0.2, 0) is 13.6 Å². The van der Waals surface area contributed by atoms with E-state index in [1.807, 2.05) is 6.07 Å². The van der Waals surface area contributed by atoms with E-state index in [4.69, 9.17) is 23.2 Å². The van der Waals surface area contributed by atoms with Gasteiger partial charge in [0.2, 0.25) is 5.95 Å². The molecule has 0 aliphatic rings. The summed E-state index contributed by atoms with van der Waals surface area (Å²) in [6.07, 6.45) is 3.06. The zero-order valence-corrected chi connectivity index (χ0v) is 13.6. The minimum absolute atomic E-state index is 0.210. The Morgan fingerprint density at radius 3 is 2.83 bits per heavy atom. The number of aromatic nitrogens is 5. The van der Waals surface area contributed by atoms with E-state index in [1.165, 1.54) is 11.0 Å². The molecule has 118 valence electrons. The van der Waals surface area contributed by atoms with E-state index in [0.29, 0.717) is 22.3 Å². The number of aryl methyl sites for hydroxylation is 1. The van der Waals surface area contributed by atoms with Crippen LogP contribution in [0.5, 0.6) is 0 Å². The van der Waals surface area contributed by atoms with Crippen molar-refractivity contribution in [3.8, 4) is 0 Å². The lowest BCUT2D eigenvalue weighted by atomic mass is 10.2. The summed E-state index contributed by atoms with van der Waals surface area (Å²) in [5.74, 6) is -0.117. The molecule has 1 aromatic carbocycles. The van der Waals surface area contributed by atoms with Crippen molar-refractivity contribution in [2.45, 2.75) is 6.54 Å². The number of nitrogens with one attached hydrogen (secondary N) is 1. The zero-order valence-electron chi connectivity index (χ0n) is 12.1. The molecule has 0 spiro atoms. The lowest BCUT2D eigenvalue weighted by Gasteiger charge is -2.04. The number of carbonyl (C=O) groups excluding carboxylic acids is 1. The Labute approximate surface area is 141 Å². The Hall–Kier alpha value is -2.38. The van der Waals surface area contributed by atoms with Gasteiger partial charge >= 0.3 is 0 Å². The molecule has 7 nitrogen and oxygen atoms in total. The Morgan fingerprint density at radius 1 is 1.30 bits per heavy atom. The summed E-state index contributed by atoms with van der Waals surface area (Å²) in [4.78, 5) is 16.1. The zero-order chi connectivity index (χ0) is 16.4. The fourth-order valence-corrected chi connectivity index (χ4v) is 2.48. The second kappa shape index (κ2) is 6.39. The van der Waals surface area contributed by atoms with Crippen molar-refractivity contribution in [2.24, 2.45) is 7.05 Å². The van der Waals surface area contributed by atoms with Crippen molar-refractivity contribution in [3.05, 3.63) is 58.1 Å². The van der Waals surface area contributed by atoms with Gasteiger partial charge < -0.3 is 0 Å². The predicted molar refractivity (Wildman–Crippen MR) is 86.7 cm³/mol. The number of benzene rings is 1. The molecule has 0 radical (unpaired) electrons. The summed E-state index contributed by atoms with van der Waals surface area (Å²) in [6, 6.07) is 6.85. The van der Waals surface area contributed by atoms with Gasteiger partial charge in [-0.1, -0.05) is 29.3 Å². The number of carbonyl (C=O) groups is 1. The normalized spacial score (nSPS) is 10.7. The number of hydrogen-bond acceptors (Lipinski definition) is 4. The quantitative estimate of drug-likeness (QED) is 0.784. The van der Waals surface area contributed by atoms with Crippen molar-refractivity contribution in [2.75, 3.05) is 5.32 Å². The second-order valence-electron chi connectivity index (χ2n) is 4.80. The van der Waals surface area contributed by atoms with Crippen LogP contribution in [0.4, 0.5) is 5.95 Å². The molecule has 1 N–H and O–H groups in total. The first-order valence-corrected chi connectivity index (χ1v) is 7.41. The van der Waals surface area contributed by atoms with Crippen LogP contribution in [0.1, 0.15) is 16.1 Å². The fraction of sp³-hybridized carbons (Fsp3) is 0.143. The molecule has 0 fully saturated rings. The summed E-state index contributed by atoms with van der Waals surface area (Å²) in [5, 5.41) is 11.9. The number of anilines is 1. The summed E-state index contributed by atoms with van der Waals surface area (Å²) in [6.45, 7) is 0.421. The smallest absolute Gasteiger partial charge is 0.276 e. The maximum absolute atomic E-state index is 12.1. The van der Waals surface area contributed by atoms with E-state index in [0.717, 1.165) is 5.56 Å². The van der Waals surface area contributed by atoms with E-state index < -0.39 is 0 Å². The minimum Gasteiger partial charge on any atom is -0.288 e. The molecule has 0 saturated heterocycles. The van der Waals surface area contributed by atoms with Gasteiger partial charge in [-0.2, -0.15) is 5.10 Å². The molecule has 1 amide bonds. The van der Waals surface area contributed by atoms with Crippen LogP contribution in [-0.4, -0.2) is 30.5 Å². The topological polar surface area (TPSA) is 77.6 Å². The van der Waals surface area contributed by atoms with E-state index in [2.05, 4.69) is 20.5 Å². The van der Waals surface area contributed by atoms with Crippen molar-refractivity contribution in [3.63, 3.8) is 0 Å². The van der Waals surface area contributed by atoms with Crippen LogP contribution in [0.15, 0.2) is 36.8 Å². The molecule has 9 heteroatoms. The average Bonchev–Trinajstić information content (AvgIpc) is 3.11. The highest BCUT2D eigenvalue weighted by molar-refractivity contribution is 6.35. The van der Waals surface area contributed by atoms with Gasteiger partial charge in [0.05, 0.1) is 6.54 Å². The van der Waals surface area contributed by atoms with Gasteiger partial charge in [-0.15, -0.1) is 5.10 Å². The average molecular weight is 351 g/mol. The third-order valence-electron chi connectivity index (χ3n) is 3.16. The summed E-state index contributed by atoms with van der Waals surface area (Å²) in [5.41, 5.74) is 1.27. The molecule has 0 bridgehead atoms. The number of amides is 1. The maximum Gasteiger partial charge on any atom is 0.276 e. The van der Waals surface area contributed by atoms with Crippen molar-refractivity contribution in [1.29, 1.82) is 0 Å². The number of halogens is 2. The molecule has 0 aliphatic carbocycles. The fourth-order valence-electron chi connectivity index (χ4n) is 2.01. The minimum atomic E-state index is -0.327. The van der Waals surface area contributed by atoms with Crippen molar-refractivity contribution in [1.82, 2.24) is 24.5 Å². The second-order valence-corrected chi connectivity index (χ2v) is 5.64. The van der Waals surface area contributed by atoms with Gasteiger partial charge in [-0.25, -0.2) is 9.67 Å². The van der Waals surface area contributed by atoms with Crippen LogP contribution < -0.4 is 5.32 Å². The molecule has 0 unspecified atom stereocenters. The number of nitrogens with zero attached hydrogens (tertiary/aromatic N) is 5. The number of hydrogen-bond donors (Lipinski definition) is 1. The van der Waals surface area contributed by atoms with Gasteiger partial charge in [-0.05, 0) is 23.8 Å². The Kier molecular flexibility index (Phi) is 4.31. The van der Waals surface area contributed by atoms with Gasteiger partial charge in [0, 0.05) is 23.3 Å². The molecule has 3 aromatic rings. The molecule has 23 heavy (non-hydrogen) atoms. The number of rotatable bonds is 4. The van der Waals surface area contributed by atoms with Gasteiger partial charge in [-0.3, -0.25) is 14.8 Å². The monoisotopic (exact) mass is 350 g/mol. The SMILES string of the molecule is Cn1nccc1C(=O)Nc1ncn(Cc2ccc(Cl)cc2Cl)n1. The highest BCUT2D eigenvalue weighted by Crippen LogP contribution is 2.21. The Balaban J connectivity index is 1.71. The molecule has 0 atom stereocenters. The Morgan fingerprint density at radius 2 is 2.13 bits per heavy atom. The first-order chi connectivity index (χ1) is 11.0. The third-order valence-corrected chi connectivity index (χ3v) is 3.75. The lowest BCUT2D eigenvalue weighted by molar-refractivity contribution is 0.101. The first kappa shape index (κ1) is 15.5. The van der Waals surface area contributed by atoms with E-state index in [9.17, 15) is 4.79 Å². The van der Waals surface area contributed by atoms with Gasteiger partial charge in [0.15, 0.2) is 0 Å². The summed E-state index contributed by atoms with van der Waals surface area (Å²) < 4.78 is 3.05. The van der Waals surface area contributed by atoms with E-state index >= 15 is 0 Å². The largest absolute Gasteiger partial charge is 0.288 e. The predicted octanol–water partition coefficient (Wildman–Crippen LogP) is 2.62. The van der Waals surface area contributed by atoms with Crippen LogP contribution in [0.25, 0.3) is 0 Å². The molecule has 0 saturated carbocycles. The molecule has 2 heterocycles. The highest BCUT2D eigenvalue weighted by atomic mass is 35.5. The van der Waals surface area contributed by atoms with E-state index in [1.54, 1.807) is 36.1 Å². The van der Waals surface area contributed by atoms with Crippen molar-refractivity contribution >= 4 is 35.1 Å². The molecular formula is C14H12Cl2N6O. The van der Waals surface area contributed by atoms with Gasteiger partial charge in [0.1, 0.15) is 12.0 Å². The standard InChI is InChI=1S/C14H12Cl2N6O/c1-21-12(4-5-18-21)13(23)19-14-17-8-22(20-14)7-9-2-3-10(15)6-11(9)16/h2-6,8H,7H2,1H3,(H,19,20,23). The first-order valence-electron chi connectivity index (χ1n) is 6.65. The molecule has 2 aromatic heterocycles. The van der Waals surface area contributed by atoms with Crippen LogP contribution >= 0.6 is 23.2 Å². The van der Waals surface area contributed by atoms with Gasteiger partial charge in [0.25, 0.3) is 5.91 Å². The van der Waals surface area contributed by atoms with Crippen LogP contribution in [0.2, 0.25) is 10.0 Å². The molecular weight excluding hydrogens is 339 g/mol. The molecule has 3 rings (SSSR count). The van der Waals surface area contributed by atoms with E-state index in [-0.39, 0.29) is 11.9 Å². The lowest BCUT2D eigenvalue weighted by Crippen LogP contribution is -2.17. The summed E-state index contributed by atoms with van der Waals surface area (Å²) >= 11 is 12.0. The third kappa shape index (κ3) is 3.52. The maximum atomic E-state index is 12.1. The van der Waals surface area contributed by atoms with Crippen molar-refractivity contribution < 1.29 is 4.79 Å². The Bertz CT molecular complexity index is 857. The van der Waals surface area contributed by atoms with Crippen LogP contribution in [0, 0.1) is 0 Å².